The van der Waals surface area contributed by atoms with Gasteiger partial charge in [0.1, 0.15) is 0 Å². The average Bonchev–Trinajstić information content (AvgIpc) is 2.40. The Bertz CT molecular complexity index is 338. The van der Waals surface area contributed by atoms with E-state index in [9.17, 15) is 0 Å². The Morgan fingerprint density at radius 2 is 1.24 bits per heavy atom. The Morgan fingerprint density at radius 3 is 1.71 bits per heavy atom. The van der Waals surface area contributed by atoms with Crippen molar-refractivity contribution in [1.29, 1.82) is 0 Å². The van der Waals surface area contributed by atoms with E-state index in [0.29, 0.717) is 0 Å². The van der Waals surface area contributed by atoms with E-state index < -0.39 is 0 Å². The van der Waals surface area contributed by atoms with Gasteiger partial charge in [-0.15, -0.1) is 0 Å². The van der Waals surface area contributed by atoms with Crippen LogP contribution in [0.1, 0.15) is 65.2 Å². The lowest BCUT2D eigenvalue weighted by molar-refractivity contribution is -0.0648. The largest absolute Gasteiger partial charge is 0.316 e. The first-order valence-electron chi connectivity index (χ1n) is 9.81. The molecule has 5 rings (SSSR count). The highest BCUT2D eigenvalue weighted by atomic mass is 14.9. The number of hydrogen-bond donors (Lipinski definition) is 1. The van der Waals surface area contributed by atoms with E-state index in [0.717, 1.165) is 53.4 Å². The lowest BCUT2D eigenvalue weighted by Gasteiger charge is -2.58. The second kappa shape index (κ2) is 5.55. The molecule has 0 spiro atoms. The van der Waals surface area contributed by atoms with Gasteiger partial charge >= 0.3 is 0 Å². The van der Waals surface area contributed by atoms with E-state index in [-0.39, 0.29) is 0 Å². The third-order valence-electron chi connectivity index (χ3n) is 7.77. The summed E-state index contributed by atoms with van der Waals surface area (Å²) in [5.74, 6) is 8.26. The summed E-state index contributed by atoms with van der Waals surface area (Å²) >= 11 is 0. The first-order valence-corrected chi connectivity index (χ1v) is 9.81. The fraction of sp³-hybridized carbons (Fsp3) is 1.00. The summed E-state index contributed by atoms with van der Waals surface area (Å²) in [6.07, 6.45) is 12.3. The van der Waals surface area contributed by atoms with E-state index in [1.807, 2.05) is 0 Å². The normalized spacial score (nSPS) is 53.9. The molecule has 4 bridgehead atoms. The summed E-state index contributed by atoms with van der Waals surface area (Å²) in [7, 11) is 2.26. The minimum Gasteiger partial charge on any atom is -0.316 e. The monoisotopic (exact) mass is 289 g/mol. The second-order valence-corrected chi connectivity index (χ2v) is 9.50. The molecule has 120 valence electrons. The van der Waals surface area contributed by atoms with E-state index >= 15 is 0 Å². The topological polar surface area (TPSA) is 12.0 Å². The van der Waals surface area contributed by atoms with Crippen molar-refractivity contribution in [1.82, 2.24) is 5.32 Å². The molecule has 0 saturated heterocycles. The van der Waals surface area contributed by atoms with Crippen LogP contribution < -0.4 is 5.32 Å². The maximum atomic E-state index is 3.84. The van der Waals surface area contributed by atoms with Gasteiger partial charge in [-0.3, -0.25) is 0 Å². The number of hydrogen-bond acceptors (Lipinski definition) is 1. The van der Waals surface area contributed by atoms with Gasteiger partial charge in [0.15, 0.2) is 0 Å². The summed E-state index contributed by atoms with van der Waals surface area (Å²) in [4.78, 5) is 0. The Balaban J connectivity index is 1.53. The lowest BCUT2D eigenvalue weighted by Crippen LogP contribution is -2.55. The molecule has 21 heavy (non-hydrogen) atoms. The zero-order valence-electron chi connectivity index (χ0n) is 14.4. The van der Waals surface area contributed by atoms with E-state index in [2.05, 4.69) is 26.2 Å². The summed E-state index contributed by atoms with van der Waals surface area (Å²) in [5, 5.41) is 3.84. The van der Waals surface area contributed by atoms with Crippen LogP contribution in [0.2, 0.25) is 0 Å². The van der Waals surface area contributed by atoms with Crippen molar-refractivity contribution >= 4 is 0 Å². The quantitative estimate of drug-likeness (QED) is 0.793. The van der Waals surface area contributed by atoms with Crippen LogP contribution in [0, 0.1) is 47.3 Å². The van der Waals surface area contributed by atoms with Crippen LogP contribution in [-0.2, 0) is 0 Å². The van der Waals surface area contributed by atoms with Gasteiger partial charge in [-0.2, -0.15) is 0 Å². The van der Waals surface area contributed by atoms with Gasteiger partial charge in [-0.05, 0) is 106 Å². The van der Waals surface area contributed by atoms with Gasteiger partial charge in [0, 0.05) is 6.04 Å². The van der Waals surface area contributed by atoms with Gasteiger partial charge in [0.05, 0.1) is 0 Å². The van der Waals surface area contributed by atoms with Gasteiger partial charge in [-0.1, -0.05) is 13.8 Å². The number of rotatable bonds is 3. The Hall–Kier alpha value is -0.0400. The molecule has 1 N–H and O–H groups in total. The van der Waals surface area contributed by atoms with Crippen molar-refractivity contribution in [3.8, 4) is 0 Å². The van der Waals surface area contributed by atoms with Crippen LogP contribution in [0.5, 0.6) is 0 Å². The predicted molar refractivity (Wildman–Crippen MR) is 89.1 cm³/mol. The molecule has 5 aliphatic rings. The van der Waals surface area contributed by atoms with Crippen molar-refractivity contribution in [2.24, 2.45) is 47.3 Å². The highest BCUT2D eigenvalue weighted by molar-refractivity contribution is 5.03. The second-order valence-electron chi connectivity index (χ2n) is 9.50. The molecule has 0 aromatic carbocycles. The zero-order chi connectivity index (χ0) is 14.6. The van der Waals surface area contributed by atoms with Crippen molar-refractivity contribution in [2.75, 3.05) is 7.05 Å². The molecule has 5 aliphatic carbocycles. The Labute approximate surface area is 131 Å². The third kappa shape index (κ3) is 2.58. The van der Waals surface area contributed by atoms with Gasteiger partial charge < -0.3 is 5.32 Å². The van der Waals surface area contributed by atoms with Crippen molar-refractivity contribution in [2.45, 2.75) is 71.3 Å². The average molecular weight is 290 g/mol. The van der Waals surface area contributed by atoms with Crippen LogP contribution >= 0.6 is 0 Å². The van der Waals surface area contributed by atoms with Crippen LogP contribution in [0.15, 0.2) is 0 Å². The molecule has 3 unspecified atom stereocenters. The maximum absolute atomic E-state index is 3.84. The van der Waals surface area contributed by atoms with Crippen molar-refractivity contribution in [3.63, 3.8) is 0 Å². The highest BCUT2D eigenvalue weighted by Gasteiger charge is 2.51. The first-order chi connectivity index (χ1) is 10.1. The van der Waals surface area contributed by atoms with Crippen LogP contribution in [0.4, 0.5) is 0 Å². The molecule has 1 nitrogen and oxygen atoms in total. The Kier molecular flexibility index (Phi) is 3.84. The third-order valence-corrected chi connectivity index (χ3v) is 7.77. The van der Waals surface area contributed by atoms with E-state index in [1.54, 1.807) is 32.1 Å². The van der Waals surface area contributed by atoms with Crippen molar-refractivity contribution in [3.05, 3.63) is 0 Å². The fourth-order valence-electron chi connectivity index (χ4n) is 7.60. The highest BCUT2D eigenvalue weighted by Crippen LogP contribution is 2.58. The van der Waals surface area contributed by atoms with Crippen molar-refractivity contribution < 1.29 is 0 Å². The summed E-state index contributed by atoms with van der Waals surface area (Å²) < 4.78 is 0. The zero-order valence-corrected chi connectivity index (χ0v) is 14.4. The minimum absolute atomic E-state index is 0.824. The molecular weight excluding hydrogens is 254 g/mol. The van der Waals surface area contributed by atoms with Gasteiger partial charge in [0.2, 0.25) is 0 Å². The van der Waals surface area contributed by atoms with Gasteiger partial charge in [0.25, 0.3) is 0 Å². The fourth-order valence-corrected chi connectivity index (χ4v) is 7.60. The molecule has 5 fully saturated rings. The van der Waals surface area contributed by atoms with Crippen LogP contribution in [-0.4, -0.2) is 13.1 Å². The molecule has 1 heteroatoms. The predicted octanol–water partition coefficient (Wildman–Crippen LogP) is 4.72. The molecule has 0 aromatic rings. The molecule has 5 saturated carbocycles. The molecule has 0 aromatic heterocycles. The summed E-state index contributed by atoms with van der Waals surface area (Å²) in [5.41, 5.74) is 0. The summed E-state index contributed by atoms with van der Waals surface area (Å²) in [6.45, 7) is 4.98. The smallest absolute Gasteiger partial charge is 0.0126 e. The van der Waals surface area contributed by atoms with Crippen LogP contribution in [0.25, 0.3) is 0 Å². The lowest BCUT2D eigenvalue weighted by atomic mass is 9.49. The summed E-state index contributed by atoms with van der Waals surface area (Å²) in [6, 6.07) is 0.824. The molecule has 0 aliphatic heterocycles. The SMILES string of the molecule is CNC(C1CC(C)CC(C)C1)C1C2CC3CC(C2)CC1C3. The van der Waals surface area contributed by atoms with E-state index in [4.69, 9.17) is 0 Å². The molecule has 0 amide bonds. The standard InChI is InChI=1S/C20H35N/c1-12-4-13(2)6-18(5-12)20(21-3)19-16-8-14-7-15(10-16)11-17(19)9-14/h12-21H,4-11H2,1-3H3. The minimum atomic E-state index is 0.824. The molecule has 0 radical (unpaired) electrons. The molecule has 3 atom stereocenters. The van der Waals surface area contributed by atoms with Crippen LogP contribution in [0.3, 0.4) is 0 Å². The Morgan fingerprint density at radius 1 is 0.714 bits per heavy atom. The first kappa shape index (κ1) is 14.5. The number of nitrogens with one attached hydrogen (secondary N) is 1. The maximum Gasteiger partial charge on any atom is 0.0126 e. The van der Waals surface area contributed by atoms with Gasteiger partial charge in [-0.25, -0.2) is 0 Å². The van der Waals surface area contributed by atoms with E-state index in [1.165, 1.54) is 19.3 Å². The molecule has 0 heterocycles. The molecular formula is C20H35N.